The molecule has 0 aromatic carbocycles. The van der Waals surface area contributed by atoms with E-state index in [2.05, 4.69) is 18.7 Å². The van der Waals surface area contributed by atoms with Crippen LogP contribution in [0.1, 0.15) is 52.4 Å². The maximum atomic E-state index is 6.09. The van der Waals surface area contributed by atoms with Crippen molar-refractivity contribution in [1.29, 1.82) is 0 Å². The minimum atomic E-state index is 0.440. The molecule has 2 nitrogen and oxygen atoms in total. The summed E-state index contributed by atoms with van der Waals surface area (Å²) in [5.41, 5.74) is 6.09. The van der Waals surface area contributed by atoms with E-state index >= 15 is 0 Å². The third-order valence-electron chi connectivity index (χ3n) is 4.91. The monoisotopic (exact) mass is 224 g/mol. The van der Waals surface area contributed by atoms with Crippen LogP contribution in [-0.4, -0.2) is 30.1 Å². The van der Waals surface area contributed by atoms with Gasteiger partial charge in [-0.2, -0.15) is 0 Å². The van der Waals surface area contributed by atoms with Gasteiger partial charge in [0, 0.05) is 18.6 Å². The van der Waals surface area contributed by atoms with Crippen LogP contribution in [-0.2, 0) is 0 Å². The summed E-state index contributed by atoms with van der Waals surface area (Å²) in [6.45, 7) is 7.20. The zero-order valence-corrected chi connectivity index (χ0v) is 11.0. The molecule has 2 rings (SSSR count). The summed E-state index contributed by atoms with van der Waals surface area (Å²) in [5, 5.41) is 0. The van der Waals surface area contributed by atoms with Crippen LogP contribution in [0.15, 0.2) is 0 Å². The fourth-order valence-electron chi connectivity index (χ4n) is 3.48. The maximum absolute atomic E-state index is 6.09. The van der Waals surface area contributed by atoms with Crippen LogP contribution >= 0.6 is 0 Å². The summed E-state index contributed by atoms with van der Waals surface area (Å²) < 4.78 is 0. The minimum Gasteiger partial charge on any atom is -0.327 e. The number of rotatable bonds is 2. The van der Waals surface area contributed by atoms with E-state index in [1.54, 1.807) is 0 Å². The summed E-state index contributed by atoms with van der Waals surface area (Å²) >= 11 is 0. The molecule has 2 N–H and O–H groups in total. The second-order valence-corrected chi connectivity index (χ2v) is 6.06. The van der Waals surface area contributed by atoms with Crippen molar-refractivity contribution in [2.24, 2.45) is 17.6 Å². The first-order valence-electron chi connectivity index (χ1n) is 7.18. The second-order valence-electron chi connectivity index (χ2n) is 6.06. The van der Waals surface area contributed by atoms with Gasteiger partial charge in [0.15, 0.2) is 0 Å². The standard InChI is InChI=1S/C14H28N2/c1-11-10-16(9-8-14(11)15)12(2)13-6-4-3-5-7-13/h11-14H,3-10,15H2,1-2H3. The molecular weight excluding hydrogens is 196 g/mol. The fraction of sp³-hybridized carbons (Fsp3) is 1.00. The molecule has 0 radical (unpaired) electrons. The average molecular weight is 224 g/mol. The van der Waals surface area contributed by atoms with Crippen molar-refractivity contribution in [1.82, 2.24) is 4.90 Å². The Morgan fingerprint density at radius 1 is 1.12 bits per heavy atom. The first-order chi connectivity index (χ1) is 7.68. The predicted molar refractivity (Wildman–Crippen MR) is 69.4 cm³/mol. The van der Waals surface area contributed by atoms with E-state index in [4.69, 9.17) is 5.73 Å². The highest BCUT2D eigenvalue weighted by Gasteiger charge is 2.30. The van der Waals surface area contributed by atoms with E-state index in [9.17, 15) is 0 Å². The normalized spacial score (nSPS) is 36.2. The molecule has 2 aliphatic rings. The molecule has 2 fully saturated rings. The van der Waals surface area contributed by atoms with E-state index in [-0.39, 0.29) is 0 Å². The quantitative estimate of drug-likeness (QED) is 0.781. The van der Waals surface area contributed by atoms with E-state index in [0.29, 0.717) is 12.0 Å². The van der Waals surface area contributed by atoms with Gasteiger partial charge in [-0.15, -0.1) is 0 Å². The molecule has 0 spiro atoms. The van der Waals surface area contributed by atoms with Gasteiger partial charge in [-0.3, -0.25) is 0 Å². The molecule has 0 aromatic heterocycles. The molecule has 1 aliphatic carbocycles. The lowest BCUT2D eigenvalue weighted by atomic mass is 9.82. The molecule has 1 heterocycles. The molecule has 1 saturated heterocycles. The molecular formula is C14H28N2. The lowest BCUT2D eigenvalue weighted by Gasteiger charge is -2.42. The number of nitrogens with two attached hydrogens (primary N) is 1. The van der Waals surface area contributed by atoms with Crippen molar-refractivity contribution in [3.63, 3.8) is 0 Å². The number of hydrogen-bond donors (Lipinski definition) is 1. The number of hydrogen-bond acceptors (Lipinski definition) is 2. The van der Waals surface area contributed by atoms with E-state index in [1.807, 2.05) is 0 Å². The second kappa shape index (κ2) is 5.50. The summed E-state index contributed by atoms with van der Waals surface area (Å²) in [5.74, 6) is 1.63. The van der Waals surface area contributed by atoms with Gasteiger partial charge in [-0.1, -0.05) is 26.2 Å². The average Bonchev–Trinajstić information content (AvgIpc) is 2.33. The van der Waals surface area contributed by atoms with Crippen molar-refractivity contribution in [3.05, 3.63) is 0 Å². The van der Waals surface area contributed by atoms with Gasteiger partial charge in [0.25, 0.3) is 0 Å². The van der Waals surface area contributed by atoms with Crippen LogP contribution in [0.5, 0.6) is 0 Å². The van der Waals surface area contributed by atoms with Crippen LogP contribution in [0.2, 0.25) is 0 Å². The Morgan fingerprint density at radius 2 is 1.81 bits per heavy atom. The van der Waals surface area contributed by atoms with E-state index < -0.39 is 0 Å². The lowest BCUT2D eigenvalue weighted by Crippen LogP contribution is -2.51. The Morgan fingerprint density at radius 3 is 2.44 bits per heavy atom. The molecule has 0 amide bonds. The summed E-state index contributed by atoms with van der Waals surface area (Å²) in [6.07, 6.45) is 8.48. The Balaban J connectivity index is 1.86. The number of piperidine rings is 1. The molecule has 3 atom stereocenters. The van der Waals surface area contributed by atoms with E-state index in [1.165, 1.54) is 51.6 Å². The first kappa shape index (κ1) is 12.4. The molecule has 1 saturated carbocycles. The van der Waals surface area contributed by atoms with Gasteiger partial charge >= 0.3 is 0 Å². The van der Waals surface area contributed by atoms with Gasteiger partial charge in [0.1, 0.15) is 0 Å². The smallest absolute Gasteiger partial charge is 0.00953 e. The third-order valence-corrected chi connectivity index (χ3v) is 4.91. The van der Waals surface area contributed by atoms with Gasteiger partial charge < -0.3 is 10.6 Å². The Bertz CT molecular complexity index is 211. The van der Waals surface area contributed by atoms with Crippen molar-refractivity contribution in [2.45, 2.75) is 64.5 Å². The third kappa shape index (κ3) is 2.78. The molecule has 1 aliphatic heterocycles. The van der Waals surface area contributed by atoms with E-state index in [0.717, 1.165) is 12.0 Å². The number of nitrogens with zero attached hydrogens (tertiary/aromatic N) is 1. The molecule has 16 heavy (non-hydrogen) atoms. The zero-order valence-electron chi connectivity index (χ0n) is 11.0. The van der Waals surface area contributed by atoms with Crippen molar-refractivity contribution in [3.8, 4) is 0 Å². The molecule has 2 heteroatoms. The number of likely N-dealkylation sites (tertiary alicyclic amines) is 1. The Hall–Kier alpha value is -0.0800. The van der Waals surface area contributed by atoms with Crippen LogP contribution in [0.25, 0.3) is 0 Å². The lowest BCUT2D eigenvalue weighted by molar-refractivity contribution is 0.0778. The van der Waals surface area contributed by atoms with Crippen molar-refractivity contribution < 1.29 is 0 Å². The Labute approximate surface area is 101 Å². The van der Waals surface area contributed by atoms with Gasteiger partial charge in [-0.05, 0) is 44.6 Å². The van der Waals surface area contributed by atoms with Crippen LogP contribution in [0, 0.1) is 11.8 Å². The largest absolute Gasteiger partial charge is 0.327 e. The predicted octanol–water partition coefficient (Wildman–Crippen LogP) is 2.62. The maximum Gasteiger partial charge on any atom is 0.00953 e. The molecule has 3 unspecified atom stereocenters. The van der Waals surface area contributed by atoms with Gasteiger partial charge in [0.05, 0.1) is 0 Å². The van der Waals surface area contributed by atoms with Gasteiger partial charge in [-0.25, -0.2) is 0 Å². The molecule has 94 valence electrons. The van der Waals surface area contributed by atoms with Crippen molar-refractivity contribution in [2.75, 3.05) is 13.1 Å². The summed E-state index contributed by atoms with van der Waals surface area (Å²) in [4.78, 5) is 2.70. The highest BCUT2D eigenvalue weighted by molar-refractivity contribution is 4.86. The highest BCUT2D eigenvalue weighted by Crippen LogP contribution is 2.30. The SMILES string of the molecule is CC1CN(C(C)C2CCCCC2)CCC1N. The topological polar surface area (TPSA) is 29.3 Å². The molecule has 0 bridgehead atoms. The highest BCUT2D eigenvalue weighted by atomic mass is 15.2. The van der Waals surface area contributed by atoms with Crippen LogP contribution in [0.4, 0.5) is 0 Å². The minimum absolute atomic E-state index is 0.440. The zero-order chi connectivity index (χ0) is 11.5. The van der Waals surface area contributed by atoms with Crippen LogP contribution < -0.4 is 5.73 Å². The summed E-state index contributed by atoms with van der Waals surface area (Å²) in [7, 11) is 0. The molecule has 0 aromatic rings. The van der Waals surface area contributed by atoms with Gasteiger partial charge in [0.2, 0.25) is 0 Å². The fourth-order valence-corrected chi connectivity index (χ4v) is 3.48. The first-order valence-corrected chi connectivity index (χ1v) is 7.18. The summed E-state index contributed by atoms with van der Waals surface area (Å²) in [6, 6.07) is 1.23. The van der Waals surface area contributed by atoms with Crippen molar-refractivity contribution >= 4 is 0 Å². The van der Waals surface area contributed by atoms with Crippen LogP contribution in [0.3, 0.4) is 0 Å². The Kier molecular flexibility index (Phi) is 4.26.